The predicted octanol–water partition coefficient (Wildman–Crippen LogP) is 1.30. The van der Waals surface area contributed by atoms with Crippen LogP contribution in [0.3, 0.4) is 0 Å². The molecule has 0 aromatic carbocycles. The second-order valence-electron chi connectivity index (χ2n) is 0.726. The maximum Gasteiger partial charge on any atom is 0.0336 e. The van der Waals surface area contributed by atoms with E-state index in [0.29, 0.717) is 0 Å². The van der Waals surface area contributed by atoms with Crippen molar-refractivity contribution >= 4 is 21.9 Å². The molecule has 0 rings (SSSR count). The van der Waals surface area contributed by atoms with Crippen molar-refractivity contribution in [2.45, 2.75) is 4.99 Å². The van der Waals surface area contributed by atoms with Crippen molar-refractivity contribution in [3.05, 3.63) is 12.7 Å². The van der Waals surface area contributed by atoms with Crippen LogP contribution < -0.4 is 0 Å². The Labute approximate surface area is 40.3 Å². The van der Waals surface area contributed by atoms with Crippen LogP contribution in [0, 0.1) is 0 Å². The lowest BCUT2D eigenvalue weighted by Crippen LogP contribution is -1.67. The molecule has 0 heterocycles. The third-order valence-electron chi connectivity index (χ3n) is 0.241. The van der Waals surface area contributed by atoms with Gasteiger partial charge in [-0.05, 0) is 0 Å². The highest BCUT2D eigenvalue weighted by Crippen LogP contribution is 2.02. The smallest absolute Gasteiger partial charge is 0.0336 e. The first-order valence-electron chi connectivity index (χ1n) is 1.33. The van der Waals surface area contributed by atoms with Gasteiger partial charge in [0.1, 0.15) is 0 Å². The molecule has 0 saturated carbocycles. The molecule has 2 unspecified atom stereocenters. The molecule has 0 radical (unpaired) electrons. The van der Waals surface area contributed by atoms with Gasteiger partial charge in [0.25, 0.3) is 0 Å². The highest BCUT2D eigenvalue weighted by Gasteiger charge is 1.74. The van der Waals surface area contributed by atoms with Crippen molar-refractivity contribution < 1.29 is 0 Å². The van der Waals surface area contributed by atoms with Crippen LogP contribution >= 0.6 is 21.9 Å². The summed E-state index contributed by atoms with van der Waals surface area (Å²) in [5, 5.41) is 0. The van der Waals surface area contributed by atoms with E-state index in [4.69, 9.17) is 0 Å². The molecule has 30 valence electrons. The quantitative estimate of drug-likeness (QED) is 0.291. The summed E-state index contributed by atoms with van der Waals surface area (Å²) in [6.45, 7) is 3.46. The Hall–Kier alpha value is 0.520. The number of rotatable bonds is 1. The third-order valence-corrected chi connectivity index (χ3v) is 0.724. The van der Waals surface area contributed by atoms with Gasteiger partial charge in [-0.15, -0.1) is 15.8 Å². The van der Waals surface area contributed by atoms with E-state index >= 15 is 0 Å². The average molecular weight is 106 g/mol. The maximum absolute atomic E-state index is 3.94. The average Bonchev–Trinajstić information content (AvgIpc) is 1.38. The van der Waals surface area contributed by atoms with E-state index in [0.717, 1.165) is 0 Å². The molecule has 0 amide bonds. The minimum atomic E-state index is 0.259. The molecule has 0 aliphatic rings. The highest BCUT2D eigenvalue weighted by atomic mass is 32.1. The van der Waals surface area contributed by atoms with E-state index in [1.807, 2.05) is 0 Å². The standard InChI is InChI=1S/C3H7PS/c1-2-3(4)5/h2-3,5H,1,4H2. The van der Waals surface area contributed by atoms with E-state index in [1.54, 1.807) is 6.08 Å². The molecule has 0 aliphatic carbocycles. The summed E-state index contributed by atoms with van der Waals surface area (Å²) >= 11 is 3.94. The third kappa shape index (κ3) is 4.52. The van der Waals surface area contributed by atoms with Gasteiger partial charge in [-0.25, -0.2) is 0 Å². The van der Waals surface area contributed by atoms with E-state index < -0.39 is 0 Å². The van der Waals surface area contributed by atoms with Gasteiger partial charge >= 0.3 is 0 Å². The molecule has 0 aromatic heterocycles. The Balaban J connectivity index is 2.83. The molecule has 2 atom stereocenters. The van der Waals surface area contributed by atoms with Gasteiger partial charge in [-0.2, -0.15) is 12.6 Å². The van der Waals surface area contributed by atoms with Crippen molar-refractivity contribution in [1.82, 2.24) is 0 Å². The maximum atomic E-state index is 3.94. The first-order chi connectivity index (χ1) is 2.27. The predicted molar refractivity (Wildman–Crippen MR) is 32.7 cm³/mol. The number of hydrogen-bond donors (Lipinski definition) is 1. The molecular formula is C3H7PS. The topological polar surface area (TPSA) is 0 Å². The minimum Gasteiger partial charge on any atom is -0.168 e. The van der Waals surface area contributed by atoms with Gasteiger partial charge in [0.2, 0.25) is 0 Å². The molecule has 0 N–H and O–H groups in total. The zero-order chi connectivity index (χ0) is 4.28. The summed E-state index contributed by atoms with van der Waals surface area (Å²) < 4.78 is 0. The van der Waals surface area contributed by atoms with Crippen LogP contribution in [0.5, 0.6) is 0 Å². The Morgan fingerprint density at radius 2 is 2.20 bits per heavy atom. The summed E-state index contributed by atoms with van der Waals surface area (Å²) in [4.78, 5) is 0.259. The van der Waals surface area contributed by atoms with Crippen LogP contribution in [0.2, 0.25) is 0 Å². The molecule has 2 heteroatoms. The van der Waals surface area contributed by atoms with Crippen LogP contribution in [0.1, 0.15) is 0 Å². The highest BCUT2D eigenvalue weighted by molar-refractivity contribution is 7.85. The van der Waals surface area contributed by atoms with E-state index in [2.05, 4.69) is 28.4 Å². The molecule has 0 saturated heterocycles. The van der Waals surface area contributed by atoms with Gasteiger partial charge in [-0.3, -0.25) is 0 Å². The van der Waals surface area contributed by atoms with Crippen LogP contribution in [-0.2, 0) is 0 Å². The molecule has 0 nitrogen and oxygen atoms in total. The van der Waals surface area contributed by atoms with Crippen molar-refractivity contribution in [3.63, 3.8) is 0 Å². The lowest BCUT2D eigenvalue weighted by atomic mass is 10.8. The Morgan fingerprint density at radius 3 is 2.20 bits per heavy atom. The lowest BCUT2D eigenvalue weighted by Gasteiger charge is -1.83. The number of hydrogen-bond acceptors (Lipinski definition) is 1. The summed E-state index contributed by atoms with van der Waals surface area (Å²) in [6, 6.07) is 0. The normalized spacial score (nSPS) is 14.0. The van der Waals surface area contributed by atoms with E-state index in [1.165, 1.54) is 0 Å². The van der Waals surface area contributed by atoms with Crippen LogP contribution in [0.15, 0.2) is 12.7 Å². The molecule has 0 fully saturated rings. The van der Waals surface area contributed by atoms with Crippen LogP contribution in [-0.4, -0.2) is 4.99 Å². The fourth-order valence-electron chi connectivity index (χ4n) is 0. The Kier molecular flexibility index (Phi) is 3.03. The Morgan fingerprint density at radius 1 is 2.00 bits per heavy atom. The summed E-state index contributed by atoms with van der Waals surface area (Å²) in [6.07, 6.45) is 1.74. The SMILES string of the molecule is C=CC(P)S. The molecular weight excluding hydrogens is 99.1 g/mol. The van der Waals surface area contributed by atoms with Gasteiger partial charge in [0.15, 0.2) is 0 Å². The second-order valence-corrected chi connectivity index (χ2v) is 2.60. The fourth-order valence-corrected chi connectivity index (χ4v) is 0. The monoisotopic (exact) mass is 106 g/mol. The molecule has 5 heavy (non-hydrogen) atoms. The minimum absolute atomic E-state index is 0.259. The van der Waals surface area contributed by atoms with Crippen molar-refractivity contribution in [2.24, 2.45) is 0 Å². The van der Waals surface area contributed by atoms with Crippen molar-refractivity contribution in [3.8, 4) is 0 Å². The largest absolute Gasteiger partial charge is 0.168 e. The zero-order valence-electron chi connectivity index (χ0n) is 2.89. The fraction of sp³-hybridized carbons (Fsp3) is 0.333. The second kappa shape index (κ2) is 2.74. The Bertz CT molecular complexity index is 33.9. The van der Waals surface area contributed by atoms with E-state index in [9.17, 15) is 0 Å². The number of thiol groups is 1. The van der Waals surface area contributed by atoms with Crippen molar-refractivity contribution in [2.75, 3.05) is 0 Å². The zero-order valence-corrected chi connectivity index (χ0v) is 4.94. The van der Waals surface area contributed by atoms with Gasteiger partial charge < -0.3 is 0 Å². The van der Waals surface area contributed by atoms with Gasteiger partial charge in [0, 0.05) is 4.99 Å². The first kappa shape index (κ1) is 5.52. The van der Waals surface area contributed by atoms with Crippen molar-refractivity contribution in [1.29, 1.82) is 0 Å². The summed E-state index contributed by atoms with van der Waals surface area (Å²) in [7, 11) is 2.48. The lowest BCUT2D eigenvalue weighted by molar-refractivity contribution is 1.71. The van der Waals surface area contributed by atoms with E-state index in [-0.39, 0.29) is 4.99 Å². The summed E-state index contributed by atoms with van der Waals surface area (Å²) in [5.41, 5.74) is 0. The van der Waals surface area contributed by atoms with Crippen LogP contribution in [0.4, 0.5) is 0 Å². The van der Waals surface area contributed by atoms with Gasteiger partial charge in [0.05, 0.1) is 0 Å². The molecule has 0 spiro atoms. The van der Waals surface area contributed by atoms with Crippen LogP contribution in [0.25, 0.3) is 0 Å². The molecule has 0 bridgehead atoms. The van der Waals surface area contributed by atoms with Gasteiger partial charge in [-0.1, -0.05) is 6.08 Å². The first-order valence-corrected chi connectivity index (χ1v) is 2.52. The molecule has 0 aromatic rings. The summed E-state index contributed by atoms with van der Waals surface area (Å²) in [5.74, 6) is 0. The molecule has 0 aliphatic heterocycles.